The molecule has 2 heterocycles. The normalized spacial score (nSPS) is 15.0. The molecule has 2 aromatic rings. The van der Waals surface area contributed by atoms with E-state index < -0.39 is 6.04 Å². The molecule has 0 radical (unpaired) electrons. The van der Waals surface area contributed by atoms with E-state index in [1.165, 1.54) is 16.6 Å². The molecule has 0 N–H and O–H groups in total. The van der Waals surface area contributed by atoms with Gasteiger partial charge in [-0.05, 0) is 47.0 Å². The maximum Gasteiger partial charge on any atom is 0.247 e. The maximum absolute atomic E-state index is 12.6. The van der Waals surface area contributed by atoms with Crippen molar-refractivity contribution < 1.29 is 14.3 Å². The third-order valence-electron chi connectivity index (χ3n) is 4.15. The van der Waals surface area contributed by atoms with Crippen LogP contribution in [0.2, 0.25) is 0 Å². The van der Waals surface area contributed by atoms with E-state index in [2.05, 4.69) is 15.5 Å². The van der Waals surface area contributed by atoms with Gasteiger partial charge in [-0.1, -0.05) is 0 Å². The number of amides is 1. The van der Waals surface area contributed by atoms with Gasteiger partial charge >= 0.3 is 0 Å². The van der Waals surface area contributed by atoms with Gasteiger partial charge in [0.15, 0.2) is 11.5 Å². The zero-order valence-corrected chi connectivity index (χ0v) is 13.4. The molecule has 0 bridgehead atoms. The van der Waals surface area contributed by atoms with E-state index in [-0.39, 0.29) is 5.91 Å². The Labute approximate surface area is 134 Å². The number of fused-ring (bicyclic) bond motifs is 1. The van der Waals surface area contributed by atoms with Crippen LogP contribution in [0.1, 0.15) is 24.1 Å². The highest BCUT2D eigenvalue weighted by molar-refractivity contribution is 5.80. The van der Waals surface area contributed by atoms with E-state index in [0.717, 1.165) is 12.0 Å². The third kappa shape index (κ3) is 2.84. The molecule has 0 aliphatic carbocycles. The SMILES string of the molecule is COc1cc2c(cc1OC)CN(C(=O)C(C)n1cnnn1)CC2. The van der Waals surface area contributed by atoms with Crippen molar-refractivity contribution in [1.29, 1.82) is 0 Å². The Hall–Kier alpha value is -2.64. The summed E-state index contributed by atoms with van der Waals surface area (Å²) in [4.78, 5) is 14.5. The monoisotopic (exact) mass is 317 g/mol. The summed E-state index contributed by atoms with van der Waals surface area (Å²) in [6.45, 7) is 3.00. The van der Waals surface area contributed by atoms with Crippen LogP contribution in [0.5, 0.6) is 11.5 Å². The summed E-state index contributed by atoms with van der Waals surface area (Å²) in [5.41, 5.74) is 2.26. The molecule has 8 heteroatoms. The summed E-state index contributed by atoms with van der Waals surface area (Å²) in [5.74, 6) is 1.39. The number of benzene rings is 1. The van der Waals surface area contributed by atoms with Gasteiger partial charge in [-0.15, -0.1) is 5.10 Å². The van der Waals surface area contributed by atoms with Gasteiger partial charge in [0.25, 0.3) is 0 Å². The average Bonchev–Trinajstić information content (AvgIpc) is 3.13. The van der Waals surface area contributed by atoms with Crippen molar-refractivity contribution in [2.75, 3.05) is 20.8 Å². The number of carbonyl (C=O) groups excluding carboxylic acids is 1. The molecule has 23 heavy (non-hydrogen) atoms. The zero-order chi connectivity index (χ0) is 16.4. The second-order valence-electron chi connectivity index (χ2n) is 5.45. The molecule has 1 aliphatic heterocycles. The number of hydrogen-bond donors (Lipinski definition) is 0. The lowest BCUT2D eigenvalue weighted by molar-refractivity contribution is -0.135. The van der Waals surface area contributed by atoms with Crippen molar-refractivity contribution in [3.63, 3.8) is 0 Å². The standard InChI is InChI=1S/C15H19N5O3/c1-10(20-9-16-17-18-20)15(21)19-5-4-11-6-13(22-2)14(23-3)7-12(11)8-19/h6-7,9-10H,4-5,8H2,1-3H3. The van der Waals surface area contributed by atoms with E-state index in [9.17, 15) is 4.79 Å². The first kappa shape index (κ1) is 15.3. The molecule has 1 atom stereocenters. The summed E-state index contributed by atoms with van der Waals surface area (Å²) in [6.07, 6.45) is 2.23. The fourth-order valence-electron chi connectivity index (χ4n) is 2.79. The lowest BCUT2D eigenvalue weighted by atomic mass is 9.98. The van der Waals surface area contributed by atoms with Crippen molar-refractivity contribution in [2.24, 2.45) is 0 Å². The number of nitrogens with zero attached hydrogens (tertiary/aromatic N) is 5. The number of ether oxygens (including phenoxy) is 2. The lowest BCUT2D eigenvalue weighted by Gasteiger charge is -2.31. The topological polar surface area (TPSA) is 82.4 Å². The molecule has 1 aromatic carbocycles. The Bertz CT molecular complexity index is 701. The molecule has 3 rings (SSSR count). The minimum absolute atomic E-state index is 0.00210. The minimum atomic E-state index is -0.424. The molecule has 122 valence electrons. The lowest BCUT2D eigenvalue weighted by Crippen LogP contribution is -2.40. The Morgan fingerprint density at radius 1 is 1.22 bits per heavy atom. The summed E-state index contributed by atoms with van der Waals surface area (Å²) in [6, 6.07) is 3.50. The van der Waals surface area contributed by atoms with Crippen LogP contribution in [0.4, 0.5) is 0 Å². The largest absolute Gasteiger partial charge is 0.493 e. The Balaban J connectivity index is 1.81. The highest BCUT2D eigenvalue weighted by Gasteiger charge is 2.27. The number of rotatable bonds is 4. The molecule has 1 unspecified atom stereocenters. The minimum Gasteiger partial charge on any atom is -0.493 e. The second kappa shape index (κ2) is 6.23. The van der Waals surface area contributed by atoms with E-state index in [0.29, 0.717) is 24.6 Å². The summed E-state index contributed by atoms with van der Waals surface area (Å²) in [7, 11) is 3.23. The zero-order valence-electron chi connectivity index (χ0n) is 13.4. The number of aromatic nitrogens is 4. The van der Waals surface area contributed by atoms with E-state index >= 15 is 0 Å². The number of tetrazole rings is 1. The highest BCUT2D eigenvalue weighted by Crippen LogP contribution is 2.33. The van der Waals surface area contributed by atoms with Crippen LogP contribution in [0.25, 0.3) is 0 Å². The summed E-state index contributed by atoms with van der Waals surface area (Å²) < 4.78 is 12.1. The Morgan fingerprint density at radius 3 is 2.52 bits per heavy atom. The second-order valence-corrected chi connectivity index (χ2v) is 5.45. The molecule has 8 nitrogen and oxygen atoms in total. The van der Waals surface area contributed by atoms with Gasteiger partial charge < -0.3 is 14.4 Å². The highest BCUT2D eigenvalue weighted by atomic mass is 16.5. The maximum atomic E-state index is 12.6. The fourth-order valence-corrected chi connectivity index (χ4v) is 2.79. The van der Waals surface area contributed by atoms with Crippen molar-refractivity contribution in [1.82, 2.24) is 25.1 Å². The number of methoxy groups -OCH3 is 2. The smallest absolute Gasteiger partial charge is 0.247 e. The first-order valence-corrected chi connectivity index (χ1v) is 7.39. The Kier molecular flexibility index (Phi) is 4.14. The van der Waals surface area contributed by atoms with Gasteiger partial charge in [0.1, 0.15) is 12.4 Å². The van der Waals surface area contributed by atoms with Crippen LogP contribution in [0.3, 0.4) is 0 Å². The van der Waals surface area contributed by atoms with Gasteiger partial charge in [0.05, 0.1) is 14.2 Å². The van der Waals surface area contributed by atoms with Crippen LogP contribution < -0.4 is 9.47 Å². The molecule has 1 aromatic heterocycles. The molecule has 1 amide bonds. The average molecular weight is 317 g/mol. The predicted octanol–water partition coefficient (Wildman–Crippen LogP) is 0.836. The van der Waals surface area contributed by atoms with Gasteiger partial charge in [-0.2, -0.15) is 0 Å². The molecule has 0 saturated heterocycles. The predicted molar refractivity (Wildman–Crippen MR) is 81.2 cm³/mol. The number of carbonyl (C=O) groups is 1. The van der Waals surface area contributed by atoms with Crippen LogP contribution in [0.15, 0.2) is 18.5 Å². The molecule has 0 fully saturated rings. The van der Waals surface area contributed by atoms with E-state index in [4.69, 9.17) is 9.47 Å². The summed E-state index contributed by atoms with van der Waals surface area (Å²) >= 11 is 0. The summed E-state index contributed by atoms with van der Waals surface area (Å²) in [5, 5.41) is 11.0. The van der Waals surface area contributed by atoms with Gasteiger partial charge in [0.2, 0.25) is 5.91 Å². The molecule has 0 spiro atoms. The van der Waals surface area contributed by atoms with Crippen molar-refractivity contribution >= 4 is 5.91 Å². The molecular formula is C15H19N5O3. The van der Waals surface area contributed by atoms with Gasteiger partial charge in [0, 0.05) is 13.1 Å². The first-order valence-electron chi connectivity index (χ1n) is 7.39. The van der Waals surface area contributed by atoms with Crippen LogP contribution >= 0.6 is 0 Å². The molecular weight excluding hydrogens is 298 g/mol. The first-order chi connectivity index (χ1) is 11.1. The van der Waals surface area contributed by atoms with Crippen molar-refractivity contribution in [2.45, 2.75) is 25.9 Å². The fraction of sp³-hybridized carbons (Fsp3) is 0.467. The van der Waals surface area contributed by atoms with Gasteiger partial charge in [-0.3, -0.25) is 4.79 Å². The van der Waals surface area contributed by atoms with E-state index in [1.807, 2.05) is 17.0 Å². The molecule has 1 aliphatic rings. The van der Waals surface area contributed by atoms with Gasteiger partial charge in [-0.25, -0.2) is 4.68 Å². The van der Waals surface area contributed by atoms with Crippen molar-refractivity contribution in [3.8, 4) is 11.5 Å². The number of hydrogen-bond acceptors (Lipinski definition) is 6. The quantitative estimate of drug-likeness (QED) is 0.831. The Morgan fingerprint density at radius 2 is 1.91 bits per heavy atom. The van der Waals surface area contributed by atoms with E-state index in [1.54, 1.807) is 21.1 Å². The third-order valence-corrected chi connectivity index (χ3v) is 4.15. The molecule has 0 saturated carbocycles. The van der Waals surface area contributed by atoms with Crippen LogP contribution in [-0.4, -0.2) is 51.8 Å². The van der Waals surface area contributed by atoms with Crippen LogP contribution in [0, 0.1) is 0 Å². The van der Waals surface area contributed by atoms with Crippen molar-refractivity contribution in [3.05, 3.63) is 29.6 Å². The van der Waals surface area contributed by atoms with Crippen LogP contribution in [-0.2, 0) is 17.8 Å².